The van der Waals surface area contributed by atoms with Gasteiger partial charge < -0.3 is 4.98 Å². The Labute approximate surface area is 135 Å². The number of pyridine rings is 1. The number of carbonyl (C=O) groups excluding carboxylic acids is 1. The van der Waals surface area contributed by atoms with E-state index in [2.05, 4.69) is 9.97 Å². The van der Waals surface area contributed by atoms with E-state index in [9.17, 15) is 9.18 Å². The Kier molecular flexibility index (Phi) is 3.28. The maximum absolute atomic E-state index is 13.4. The first-order chi connectivity index (χ1) is 11.2. The molecule has 3 nitrogen and oxygen atoms in total. The molecule has 112 valence electrons. The van der Waals surface area contributed by atoms with E-state index >= 15 is 0 Å². The lowest BCUT2D eigenvalue weighted by Crippen LogP contribution is -2.00. The second kappa shape index (κ2) is 5.44. The van der Waals surface area contributed by atoms with Crippen molar-refractivity contribution in [3.63, 3.8) is 0 Å². The number of carbonyl (C=O) groups is 1. The molecule has 1 N–H and O–H groups in total. The number of nitrogens with one attached hydrogen (secondary N) is 1. The van der Waals surface area contributed by atoms with Gasteiger partial charge in [0.2, 0.25) is 0 Å². The van der Waals surface area contributed by atoms with Crippen molar-refractivity contribution in [1.29, 1.82) is 0 Å². The second-order valence-corrected chi connectivity index (χ2v) is 5.95. The Morgan fingerprint density at radius 3 is 2.87 bits per heavy atom. The van der Waals surface area contributed by atoms with Crippen LogP contribution >= 0.6 is 11.3 Å². The number of thiophene rings is 1. The van der Waals surface area contributed by atoms with E-state index in [1.807, 2.05) is 22.9 Å². The van der Waals surface area contributed by atoms with Crippen LogP contribution in [0, 0.1) is 5.82 Å². The van der Waals surface area contributed by atoms with E-state index in [1.54, 1.807) is 29.8 Å². The van der Waals surface area contributed by atoms with Crippen LogP contribution in [0.15, 0.2) is 59.6 Å². The Morgan fingerprint density at radius 2 is 2.09 bits per heavy atom. The number of nitrogens with zero attached hydrogens (tertiary/aromatic N) is 1. The largest absolute Gasteiger partial charge is 0.345 e. The minimum atomic E-state index is -0.423. The summed E-state index contributed by atoms with van der Waals surface area (Å²) in [5.74, 6) is -0.646. The number of hydrogen-bond donors (Lipinski definition) is 1. The van der Waals surface area contributed by atoms with Crippen molar-refractivity contribution < 1.29 is 9.18 Å². The quantitative estimate of drug-likeness (QED) is 0.558. The molecular formula is C18H11FN2OS. The summed E-state index contributed by atoms with van der Waals surface area (Å²) in [4.78, 5) is 20.0. The normalized spacial score (nSPS) is 11.0. The zero-order chi connectivity index (χ0) is 15.8. The molecule has 0 radical (unpaired) electrons. The SMILES string of the molecule is O=C(c1cccc(F)c1)c1c[nH]c2ncc(-c3ccsc3)cc12. The first kappa shape index (κ1) is 13.8. The first-order valence-corrected chi connectivity index (χ1v) is 7.96. The maximum Gasteiger partial charge on any atom is 0.195 e. The number of H-pyrrole nitrogens is 1. The van der Waals surface area contributed by atoms with Crippen molar-refractivity contribution >= 4 is 28.2 Å². The molecule has 4 aromatic rings. The summed E-state index contributed by atoms with van der Waals surface area (Å²) in [6, 6.07) is 9.66. The van der Waals surface area contributed by atoms with Gasteiger partial charge in [0, 0.05) is 34.5 Å². The summed E-state index contributed by atoms with van der Waals surface area (Å²) >= 11 is 1.61. The van der Waals surface area contributed by atoms with Gasteiger partial charge in [-0.2, -0.15) is 11.3 Å². The van der Waals surface area contributed by atoms with Gasteiger partial charge in [-0.1, -0.05) is 12.1 Å². The summed E-state index contributed by atoms with van der Waals surface area (Å²) < 4.78 is 13.4. The number of fused-ring (bicyclic) bond motifs is 1. The zero-order valence-electron chi connectivity index (χ0n) is 11.9. The van der Waals surface area contributed by atoms with Gasteiger partial charge in [-0.25, -0.2) is 9.37 Å². The molecule has 23 heavy (non-hydrogen) atoms. The smallest absolute Gasteiger partial charge is 0.195 e. The number of ketones is 1. The molecule has 0 bridgehead atoms. The van der Waals surface area contributed by atoms with Crippen molar-refractivity contribution in [2.24, 2.45) is 0 Å². The highest BCUT2D eigenvalue weighted by molar-refractivity contribution is 7.08. The summed E-state index contributed by atoms with van der Waals surface area (Å²) in [7, 11) is 0. The van der Waals surface area contributed by atoms with E-state index in [0.717, 1.165) is 16.5 Å². The highest BCUT2D eigenvalue weighted by atomic mass is 32.1. The van der Waals surface area contributed by atoms with E-state index in [4.69, 9.17) is 0 Å². The van der Waals surface area contributed by atoms with Crippen molar-refractivity contribution in [1.82, 2.24) is 9.97 Å². The number of halogens is 1. The number of hydrogen-bond acceptors (Lipinski definition) is 3. The molecule has 0 aliphatic carbocycles. The fourth-order valence-corrected chi connectivity index (χ4v) is 3.23. The van der Waals surface area contributed by atoms with Crippen LogP contribution in [0.4, 0.5) is 4.39 Å². The summed E-state index contributed by atoms with van der Waals surface area (Å²) in [5.41, 5.74) is 3.48. The lowest BCUT2D eigenvalue weighted by Gasteiger charge is -2.02. The monoisotopic (exact) mass is 322 g/mol. The predicted octanol–water partition coefficient (Wildman–Crippen LogP) is 4.66. The Bertz CT molecular complexity index is 1000. The highest BCUT2D eigenvalue weighted by Crippen LogP contribution is 2.27. The number of aromatic nitrogens is 2. The second-order valence-electron chi connectivity index (χ2n) is 5.17. The van der Waals surface area contributed by atoms with Crippen molar-refractivity contribution in [3.8, 4) is 11.1 Å². The van der Waals surface area contributed by atoms with Crippen LogP contribution in [0.2, 0.25) is 0 Å². The molecule has 0 amide bonds. The highest BCUT2D eigenvalue weighted by Gasteiger charge is 2.16. The van der Waals surface area contributed by atoms with Crippen LogP contribution in [-0.4, -0.2) is 15.8 Å². The molecule has 0 aliphatic heterocycles. The molecule has 4 rings (SSSR count). The topological polar surface area (TPSA) is 45.8 Å². The van der Waals surface area contributed by atoms with Gasteiger partial charge in [-0.15, -0.1) is 0 Å². The molecule has 0 unspecified atom stereocenters. The van der Waals surface area contributed by atoms with Crippen LogP contribution < -0.4 is 0 Å². The average molecular weight is 322 g/mol. The molecule has 0 spiro atoms. The van der Waals surface area contributed by atoms with Gasteiger partial charge in [0.15, 0.2) is 5.78 Å². The first-order valence-electron chi connectivity index (χ1n) is 7.02. The van der Waals surface area contributed by atoms with Crippen LogP contribution in [0.25, 0.3) is 22.2 Å². The van der Waals surface area contributed by atoms with E-state index in [-0.39, 0.29) is 5.78 Å². The Hall–Kier alpha value is -2.79. The van der Waals surface area contributed by atoms with Crippen LogP contribution in [0.3, 0.4) is 0 Å². The summed E-state index contributed by atoms with van der Waals surface area (Å²) in [5, 5.41) is 4.77. The van der Waals surface area contributed by atoms with Gasteiger partial charge in [0.1, 0.15) is 11.5 Å². The number of aromatic amines is 1. The Balaban J connectivity index is 1.84. The van der Waals surface area contributed by atoms with Gasteiger partial charge >= 0.3 is 0 Å². The van der Waals surface area contributed by atoms with Crippen LogP contribution in [0.1, 0.15) is 15.9 Å². The third kappa shape index (κ3) is 2.45. The molecule has 1 aromatic carbocycles. The molecule has 0 saturated carbocycles. The molecule has 0 aliphatic rings. The van der Waals surface area contributed by atoms with E-state index in [1.165, 1.54) is 18.2 Å². The lowest BCUT2D eigenvalue weighted by molar-refractivity contribution is 0.104. The Morgan fingerprint density at radius 1 is 1.17 bits per heavy atom. The third-order valence-corrected chi connectivity index (χ3v) is 4.40. The van der Waals surface area contributed by atoms with Crippen LogP contribution in [-0.2, 0) is 0 Å². The van der Waals surface area contributed by atoms with Crippen molar-refractivity contribution in [3.05, 3.63) is 76.5 Å². The molecule has 3 heterocycles. The van der Waals surface area contributed by atoms with Gasteiger partial charge in [0.25, 0.3) is 0 Å². The van der Waals surface area contributed by atoms with Crippen LogP contribution in [0.5, 0.6) is 0 Å². The molecule has 5 heteroatoms. The lowest BCUT2D eigenvalue weighted by atomic mass is 10.0. The molecule has 0 fully saturated rings. The third-order valence-electron chi connectivity index (χ3n) is 3.72. The number of rotatable bonds is 3. The van der Waals surface area contributed by atoms with Gasteiger partial charge in [-0.3, -0.25) is 4.79 Å². The van der Waals surface area contributed by atoms with E-state index < -0.39 is 5.82 Å². The fourth-order valence-electron chi connectivity index (χ4n) is 2.56. The minimum Gasteiger partial charge on any atom is -0.345 e. The predicted molar refractivity (Wildman–Crippen MR) is 89.2 cm³/mol. The molecule has 0 atom stereocenters. The summed E-state index contributed by atoms with van der Waals surface area (Å²) in [6.07, 6.45) is 3.40. The number of benzene rings is 1. The van der Waals surface area contributed by atoms with Gasteiger partial charge in [0.05, 0.1) is 0 Å². The maximum atomic E-state index is 13.4. The molecule has 0 saturated heterocycles. The van der Waals surface area contributed by atoms with Crippen molar-refractivity contribution in [2.45, 2.75) is 0 Å². The summed E-state index contributed by atoms with van der Waals surface area (Å²) in [6.45, 7) is 0. The molecule has 3 aromatic heterocycles. The average Bonchev–Trinajstić information content (AvgIpc) is 3.23. The fraction of sp³-hybridized carbons (Fsp3) is 0. The zero-order valence-corrected chi connectivity index (χ0v) is 12.7. The van der Waals surface area contributed by atoms with Gasteiger partial charge in [-0.05, 0) is 40.6 Å². The van der Waals surface area contributed by atoms with Crippen molar-refractivity contribution in [2.75, 3.05) is 0 Å². The standard InChI is InChI=1S/C18H11FN2OS/c19-14-3-1-2-11(6-14)17(22)16-9-21-18-15(16)7-13(8-20-18)12-4-5-23-10-12/h1-10H,(H,20,21). The van der Waals surface area contributed by atoms with E-state index in [0.29, 0.717) is 16.8 Å². The minimum absolute atomic E-state index is 0.222. The molecular weight excluding hydrogens is 311 g/mol.